The Labute approximate surface area is 207 Å². The summed E-state index contributed by atoms with van der Waals surface area (Å²) >= 11 is 9.32. The van der Waals surface area contributed by atoms with Crippen molar-refractivity contribution in [3.63, 3.8) is 0 Å². The molecule has 3 aromatic rings. The van der Waals surface area contributed by atoms with Crippen LogP contribution in [0.3, 0.4) is 0 Å². The Balaban J connectivity index is 0.000000991. The van der Waals surface area contributed by atoms with Crippen molar-refractivity contribution in [2.75, 3.05) is 7.11 Å². The van der Waals surface area contributed by atoms with Crippen molar-refractivity contribution in [3.8, 4) is 24.0 Å². The van der Waals surface area contributed by atoms with Gasteiger partial charge in [0.1, 0.15) is 6.29 Å². The monoisotopic (exact) mass is 539 g/mol. The number of hydrogen-bond acceptors (Lipinski definition) is 4. The predicted molar refractivity (Wildman–Crippen MR) is 137 cm³/mol. The molecule has 0 saturated heterocycles. The van der Waals surface area contributed by atoms with E-state index in [1.54, 1.807) is 64.2 Å². The van der Waals surface area contributed by atoms with Crippen LogP contribution in [-0.4, -0.2) is 33.8 Å². The molecule has 0 aliphatic carbocycles. The number of fused-ring (bicyclic) bond motifs is 1. The number of pyridine rings is 1. The number of nitrogens with zero attached hydrogens (tertiary/aromatic N) is 1. The van der Waals surface area contributed by atoms with Gasteiger partial charge < -0.3 is 19.6 Å². The smallest absolute Gasteiger partial charge is 0.258 e. The highest BCUT2D eigenvalue weighted by Gasteiger charge is 2.20. The molecular weight excluding hydrogens is 513 g/mol. The summed E-state index contributed by atoms with van der Waals surface area (Å²) in [6, 6.07) is 10.3. The second-order valence-electron chi connectivity index (χ2n) is 7.50. The van der Waals surface area contributed by atoms with Gasteiger partial charge in [-0.2, -0.15) is 0 Å². The summed E-state index contributed by atoms with van der Waals surface area (Å²) < 4.78 is 15.9. The Morgan fingerprint density at radius 3 is 2.09 bits per heavy atom. The van der Waals surface area contributed by atoms with E-state index in [2.05, 4.69) is 28.8 Å². The number of halogens is 3. The molecule has 1 aromatic heterocycles. The molecule has 33 heavy (non-hydrogen) atoms. The van der Waals surface area contributed by atoms with Crippen LogP contribution in [0.1, 0.15) is 26.5 Å². The molecule has 0 aliphatic heterocycles. The number of aromatic nitrogens is 1. The van der Waals surface area contributed by atoms with Crippen molar-refractivity contribution in [1.29, 1.82) is 0 Å². The number of carbonyl (C=O) groups excluding carboxylic acids is 1. The average Bonchev–Trinajstić information content (AvgIpc) is 2.78. The second-order valence-corrected chi connectivity index (χ2v) is 8.73. The van der Waals surface area contributed by atoms with Gasteiger partial charge in [-0.3, -0.25) is 4.79 Å². The maximum absolute atomic E-state index is 14.3. The van der Waals surface area contributed by atoms with Crippen LogP contribution >= 0.6 is 27.5 Å². The minimum Gasteiger partial charge on any atom is -0.400 e. The van der Waals surface area contributed by atoms with Gasteiger partial charge in [-0.25, -0.2) is 4.39 Å². The van der Waals surface area contributed by atoms with Gasteiger partial charge in [-0.05, 0) is 54.2 Å². The van der Waals surface area contributed by atoms with Crippen LogP contribution in [0.25, 0.3) is 21.9 Å². The van der Waals surface area contributed by atoms with E-state index in [9.17, 15) is 14.0 Å². The summed E-state index contributed by atoms with van der Waals surface area (Å²) in [7, 11) is 2.60. The number of rotatable bonds is 3. The Morgan fingerprint density at radius 2 is 1.61 bits per heavy atom. The number of aliphatic hydroxyl groups excluding tert-OH is 1. The fourth-order valence-corrected chi connectivity index (χ4v) is 3.56. The Morgan fingerprint density at radius 1 is 1.12 bits per heavy atom. The van der Waals surface area contributed by atoms with Crippen molar-refractivity contribution in [2.45, 2.75) is 32.8 Å². The maximum Gasteiger partial charge on any atom is 0.258 e. The molecule has 0 bridgehead atoms. The minimum absolute atomic E-state index is 0.0277. The molecule has 5 nitrogen and oxygen atoms in total. The molecule has 0 saturated carbocycles. The van der Waals surface area contributed by atoms with Crippen LogP contribution in [0.5, 0.6) is 0 Å². The first kappa shape index (κ1) is 30.5. The van der Waals surface area contributed by atoms with Crippen molar-refractivity contribution in [2.24, 2.45) is 7.05 Å². The molecule has 1 heterocycles. The number of benzene rings is 2. The van der Waals surface area contributed by atoms with Gasteiger partial charge in [-0.1, -0.05) is 35.9 Å². The topological polar surface area (TPSA) is 79.5 Å². The Hall–Kier alpha value is -2.50. The number of carbonyl (C=O) groups is 1. The predicted octanol–water partition coefficient (Wildman–Crippen LogP) is 5.14. The number of aldehydes is 1. The molecule has 3 rings (SSSR count). The van der Waals surface area contributed by atoms with Gasteiger partial charge in [0, 0.05) is 42.8 Å². The Bertz CT molecular complexity index is 1160. The zero-order chi connectivity index (χ0) is 25.9. The molecule has 2 aromatic carbocycles. The summed E-state index contributed by atoms with van der Waals surface area (Å²) in [4.78, 5) is 23.7. The van der Waals surface area contributed by atoms with Crippen LogP contribution < -0.4 is 5.56 Å². The van der Waals surface area contributed by atoms with Crippen LogP contribution in [0.15, 0.2) is 45.7 Å². The molecular formula is C25H28BrClFNO4. The SMILES string of the molecule is C#C.CC(C)(C)O.CO.Cn1c(CC=O)c(-c2ccc(Br)c(F)c2Cl)c2ccccc2c1=O. The lowest BCUT2D eigenvalue weighted by Crippen LogP contribution is -2.22. The molecule has 8 heteroatoms. The van der Waals surface area contributed by atoms with Gasteiger partial charge in [-0.15, -0.1) is 12.8 Å². The van der Waals surface area contributed by atoms with Crippen molar-refractivity contribution < 1.29 is 19.4 Å². The fourth-order valence-electron chi connectivity index (χ4n) is 2.85. The summed E-state index contributed by atoms with van der Waals surface area (Å²) in [5.74, 6) is -0.579. The minimum atomic E-state index is -0.579. The highest BCUT2D eigenvalue weighted by atomic mass is 79.9. The molecule has 0 unspecified atom stereocenters. The molecule has 0 atom stereocenters. The molecule has 0 aliphatic rings. The summed E-state index contributed by atoms with van der Waals surface area (Å²) in [5.41, 5.74) is 0.828. The van der Waals surface area contributed by atoms with E-state index < -0.39 is 11.4 Å². The van der Waals surface area contributed by atoms with Crippen molar-refractivity contribution >= 4 is 44.6 Å². The summed E-state index contributed by atoms with van der Waals surface area (Å²) in [5, 5.41) is 16.6. The van der Waals surface area contributed by atoms with Crippen molar-refractivity contribution in [3.05, 3.63) is 67.8 Å². The number of hydrogen-bond donors (Lipinski definition) is 2. The van der Waals surface area contributed by atoms with Crippen LogP contribution in [0.2, 0.25) is 5.02 Å². The number of aliphatic hydroxyl groups is 2. The third-order valence-electron chi connectivity index (χ3n) is 4.01. The molecule has 0 radical (unpaired) electrons. The average molecular weight is 541 g/mol. The quantitative estimate of drug-likeness (QED) is 0.274. The van der Waals surface area contributed by atoms with E-state index in [4.69, 9.17) is 21.8 Å². The van der Waals surface area contributed by atoms with Gasteiger partial charge in [0.25, 0.3) is 5.56 Å². The van der Waals surface area contributed by atoms with Gasteiger partial charge in [0.2, 0.25) is 0 Å². The molecule has 0 amide bonds. The Kier molecular flexibility index (Phi) is 12.9. The van der Waals surface area contributed by atoms with E-state index in [0.29, 0.717) is 27.6 Å². The summed E-state index contributed by atoms with van der Waals surface area (Å²) in [6.07, 6.45) is 8.75. The fraction of sp³-hybridized carbons (Fsp3) is 0.280. The number of terminal acetylenes is 1. The van der Waals surface area contributed by atoms with Crippen molar-refractivity contribution in [1.82, 2.24) is 4.57 Å². The van der Waals surface area contributed by atoms with E-state index in [0.717, 1.165) is 13.4 Å². The highest BCUT2D eigenvalue weighted by molar-refractivity contribution is 9.10. The first-order chi connectivity index (χ1) is 15.5. The maximum atomic E-state index is 14.3. The van der Waals surface area contributed by atoms with E-state index in [-0.39, 0.29) is 21.5 Å². The largest absolute Gasteiger partial charge is 0.400 e. The normalized spacial score (nSPS) is 10.1. The second kappa shape index (κ2) is 13.9. The molecule has 178 valence electrons. The van der Waals surface area contributed by atoms with Gasteiger partial charge in [0.05, 0.1) is 15.1 Å². The van der Waals surface area contributed by atoms with Gasteiger partial charge in [0.15, 0.2) is 5.82 Å². The van der Waals surface area contributed by atoms with Crippen LogP contribution in [-0.2, 0) is 18.3 Å². The lowest BCUT2D eigenvalue weighted by Gasteiger charge is -2.17. The molecule has 2 N–H and O–H groups in total. The van der Waals surface area contributed by atoms with E-state index >= 15 is 0 Å². The zero-order valence-electron chi connectivity index (χ0n) is 19.2. The lowest BCUT2D eigenvalue weighted by atomic mass is 9.95. The summed E-state index contributed by atoms with van der Waals surface area (Å²) in [6.45, 7) is 5.23. The highest BCUT2D eigenvalue weighted by Crippen LogP contribution is 2.38. The first-order valence-corrected chi connectivity index (χ1v) is 10.8. The standard InChI is InChI=1S/C18H12BrClFNO2.C4H10O.C2H2.CH4O/c1-22-14(8-9-23)15(10-4-2-3-5-11(10)18(22)24)12-6-7-13(19)17(21)16(12)20;1-4(2,3)5;2*1-2/h2-7,9H,8H2,1H3;5H,1-3H3;1-2H;2H,1H3. The third-order valence-corrected chi connectivity index (χ3v) is 4.99. The van der Waals surface area contributed by atoms with Crippen LogP contribution in [0, 0.1) is 18.7 Å². The first-order valence-electron chi connectivity index (χ1n) is 9.66. The van der Waals surface area contributed by atoms with Gasteiger partial charge >= 0.3 is 0 Å². The van der Waals surface area contributed by atoms with E-state index in [1.165, 1.54) is 4.57 Å². The van der Waals surface area contributed by atoms with E-state index in [1.807, 2.05) is 0 Å². The molecule has 0 fully saturated rings. The van der Waals surface area contributed by atoms with Crippen LogP contribution in [0.4, 0.5) is 4.39 Å². The zero-order valence-corrected chi connectivity index (χ0v) is 21.5. The molecule has 0 spiro atoms. The lowest BCUT2D eigenvalue weighted by molar-refractivity contribution is -0.107. The third kappa shape index (κ3) is 8.09.